The number of aryl methyl sites for hydroxylation is 1. The van der Waals surface area contributed by atoms with Crippen molar-refractivity contribution in [3.63, 3.8) is 0 Å². The van der Waals surface area contributed by atoms with Crippen LogP contribution in [-0.2, 0) is 4.74 Å². The highest BCUT2D eigenvalue weighted by Crippen LogP contribution is 2.18. The number of hydrogen-bond acceptors (Lipinski definition) is 3. The lowest BCUT2D eigenvalue weighted by molar-refractivity contribution is 0.0220. The number of rotatable bonds is 4. The molecule has 16 heavy (non-hydrogen) atoms. The molecule has 3 heteroatoms. The molecule has 0 heterocycles. The van der Waals surface area contributed by atoms with Crippen molar-refractivity contribution in [1.29, 1.82) is 0 Å². The summed E-state index contributed by atoms with van der Waals surface area (Å²) in [5.74, 6) is 6.62. The first-order chi connectivity index (χ1) is 7.77. The van der Waals surface area contributed by atoms with E-state index in [1.54, 1.807) is 0 Å². The Kier molecular flexibility index (Phi) is 5.41. The summed E-state index contributed by atoms with van der Waals surface area (Å²) in [6.07, 6.45) is 0. The summed E-state index contributed by atoms with van der Waals surface area (Å²) in [6, 6.07) is 5.79. The van der Waals surface area contributed by atoms with Crippen LogP contribution in [0.4, 0.5) is 0 Å². The van der Waals surface area contributed by atoms with E-state index >= 15 is 0 Å². The maximum atomic E-state index is 5.44. The van der Waals surface area contributed by atoms with E-state index in [1.165, 1.54) is 0 Å². The Morgan fingerprint density at radius 3 is 2.81 bits per heavy atom. The van der Waals surface area contributed by atoms with Gasteiger partial charge in [-0.1, -0.05) is 11.8 Å². The maximum absolute atomic E-state index is 5.44. The number of ether oxygens (including phenoxy) is 2. The van der Waals surface area contributed by atoms with Gasteiger partial charge in [0.25, 0.3) is 0 Å². The normalized spacial score (nSPS) is 9.44. The third-order valence-electron chi connectivity index (χ3n) is 2.01. The summed E-state index contributed by atoms with van der Waals surface area (Å²) in [5, 5.41) is 0. The fourth-order valence-electron chi connectivity index (χ4n) is 1.23. The van der Waals surface area contributed by atoms with Gasteiger partial charge in [0.15, 0.2) is 6.79 Å². The van der Waals surface area contributed by atoms with Crippen LogP contribution in [0, 0.1) is 18.8 Å². The van der Waals surface area contributed by atoms with Crippen LogP contribution in [0.5, 0.6) is 5.75 Å². The molecule has 0 aliphatic rings. The van der Waals surface area contributed by atoms with Crippen molar-refractivity contribution in [2.45, 2.75) is 13.8 Å². The lowest BCUT2D eigenvalue weighted by Gasteiger charge is -2.08. The summed E-state index contributed by atoms with van der Waals surface area (Å²) in [6.45, 7) is 5.22. The first-order valence-electron chi connectivity index (χ1n) is 5.28. The first kappa shape index (κ1) is 12.6. The lowest BCUT2D eigenvalue weighted by Crippen LogP contribution is -2.03. The van der Waals surface area contributed by atoms with E-state index in [4.69, 9.17) is 15.2 Å². The molecular formula is C13H17NO2. The SMILES string of the molecule is CCOCOc1ccc(C#CCN)cc1C. The Labute approximate surface area is 96.6 Å². The van der Waals surface area contributed by atoms with Crippen LogP contribution in [0.3, 0.4) is 0 Å². The minimum atomic E-state index is 0.283. The molecular weight excluding hydrogens is 202 g/mol. The fourth-order valence-corrected chi connectivity index (χ4v) is 1.23. The molecule has 0 unspecified atom stereocenters. The van der Waals surface area contributed by atoms with Crippen LogP contribution in [0.1, 0.15) is 18.1 Å². The van der Waals surface area contributed by atoms with Crippen molar-refractivity contribution in [2.24, 2.45) is 5.73 Å². The average Bonchev–Trinajstić information content (AvgIpc) is 2.29. The molecule has 2 N–H and O–H groups in total. The molecule has 0 aliphatic heterocycles. The molecule has 0 bridgehead atoms. The maximum Gasteiger partial charge on any atom is 0.189 e. The van der Waals surface area contributed by atoms with Crippen molar-refractivity contribution in [3.8, 4) is 17.6 Å². The van der Waals surface area contributed by atoms with Crippen molar-refractivity contribution >= 4 is 0 Å². The van der Waals surface area contributed by atoms with Gasteiger partial charge in [-0.2, -0.15) is 0 Å². The van der Waals surface area contributed by atoms with Crippen molar-refractivity contribution in [3.05, 3.63) is 29.3 Å². The standard InChI is InChI=1S/C13H17NO2/c1-3-15-10-16-13-7-6-12(5-4-8-14)9-11(13)2/h6-7,9H,3,8,10,14H2,1-2H3. The molecule has 0 atom stereocenters. The van der Waals surface area contributed by atoms with E-state index in [9.17, 15) is 0 Å². The summed E-state index contributed by atoms with van der Waals surface area (Å²) < 4.78 is 10.6. The van der Waals surface area contributed by atoms with Crippen LogP contribution in [0.15, 0.2) is 18.2 Å². The number of nitrogens with two attached hydrogens (primary N) is 1. The van der Waals surface area contributed by atoms with Gasteiger partial charge in [0.05, 0.1) is 6.54 Å². The Morgan fingerprint density at radius 1 is 1.38 bits per heavy atom. The highest BCUT2D eigenvalue weighted by Gasteiger charge is 1.99. The zero-order valence-electron chi connectivity index (χ0n) is 9.75. The Morgan fingerprint density at radius 2 is 2.19 bits per heavy atom. The molecule has 0 amide bonds. The summed E-state index contributed by atoms with van der Waals surface area (Å²) in [5.41, 5.74) is 7.31. The molecule has 0 fully saturated rings. The third kappa shape index (κ3) is 3.93. The minimum Gasteiger partial charge on any atom is -0.467 e. The van der Waals surface area contributed by atoms with E-state index in [0.29, 0.717) is 13.2 Å². The molecule has 1 aromatic carbocycles. The van der Waals surface area contributed by atoms with Gasteiger partial charge < -0.3 is 15.2 Å². The molecule has 0 aromatic heterocycles. The summed E-state index contributed by atoms with van der Waals surface area (Å²) >= 11 is 0. The topological polar surface area (TPSA) is 44.5 Å². The molecule has 86 valence electrons. The van der Waals surface area contributed by atoms with E-state index in [2.05, 4.69) is 11.8 Å². The largest absolute Gasteiger partial charge is 0.467 e. The van der Waals surface area contributed by atoms with Crippen LogP contribution >= 0.6 is 0 Å². The quantitative estimate of drug-likeness (QED) is 0.476. The van der Waals surface area contributed by atoms with Gasteiger partial charge in [0, 0.05) is 12.2 Å². The minimum absolute atomic E-state index is 0.283. The molecule has 0 radical (unpaired) electrons. The molecule has 0 saturated carbocycles. The van der Waals surface area contributed by atoms with Crippen molar-refractivity contribution in [2.75, 3.05) is 19.9 Å². The highest BCUT2D eigenvalue weighted by atomic mass is 16.7. The van der Waals surface area contributed by atoms with Crippen molar-refractivity contribution in [1.82, 2.24) is 0 Å². The third-order valence-corrected chi connectivity index (χ3v) is 2.01. The van der Waals surface area contributed by atoms with Gasteiger partial charge >= 0.3 is 0 Å². The van der Waals surface area contributed by atoms with Crippen molar-refractivity contribution < 1.29 is 9.47 Å². The number of hydrogen-bond donors (Lipinski definition) is 1. The molecule has 0 aliphatic carbocycles. The fraction of sp³-hybridized carbons (Fsp3) is 0.385. The number of benzene rings is 1. The Bertz CT molecular complexity index is 391. The first-order valence-corrected chi connectivity index (χ1v) is 5.28. The van der Waals surface area contributed by atoms with Gasteiger partial charge in [0.1, 0.15) is 5.75 Å². The Balaban J connectivity index is 2.67. The van der Waals surface area contributed by atoms with Gasteiger partial charge in [-0.05, 0) is 37.6 Å². The zero-order chi connectivity index (χ0) is 11.8. The smallest absolute Gasteiger partial charge is 0.189 e. The highest BCUT2D eigenvalue weighted by molar-refractivity contribution is 5.43. The second-order valence-corrected chi connectivity index (χ2v) is 3.24. The van der Waals surface area contributed by atoms with Gasteiger partial charge in [-0.15, -0.1) is 0 Å². The van der Waals surface area contributed by atoms with Gasteiger partial charge in [-0.3, -0.25) is 0 Å². The molecule has 1 aromatic rings. The van der Waals surface area contributed by atoms with Gasteiger partial charge in [0.2, 0.25) is 0 Å². The van der Waals surface area contributed by atoms with E-state index in [0.717, 1.165) is 16.9 Å². The second-order valence-electron chi connectivity index (χ2n) is 3.24. The lowest BCUT2D eigenvalue weighted by atomic mass is 10.1. The molecule has 1 rings (SSSR count). The second kappa shape index (κ2) is 6.89. The van der Waals surface area contributed by atoms with Crippen LogP contribution in [0.2, 0.25) is 0 Å². The summed E-state index contributed by atoms with van der Waals surface area (Å²) in [4.78, 5) is 0. The van der Waals surface area contributed by atoms with E-state index < -0.39 is 0 Å². The monoisotopic (exact) mass is 219 g/mol. The van der Waals surface area contributed by atoms with Crippen LogP contribution in [0.25, 0.3) is 0 Å². The van der Waals surface area contributed by atoms with E-state index in [-0.39, 0.29) is 6.79 Å². The molecule has 0 saturated heterocycles. The Hall–Kier alpha value is -1.50. The van der Waals surface area contributed by atoms with E-state index in [1.807, 2.05) is 32.0 Å². The predicted molar refractivity (Wildman–Crippen MR) is 64.2 cm³/mol. The van der Waals surface area contributed by atoms with Gasteiger partial charge in [-0.25, -0.2) is 0 Å². The predicted octanol–water partition coefficient (Wildman–Crippen LogP) is 1.68. The molecule has 3 nitrogen and oxygen atoms in total. The van der Waals surface area contributed by atoms with Crippen LogP contribution < -0.4 is 10.5 Å². The summed E-state index contributed by atoms with van der Waals surface area (Å²) in [7, 11) is 0. The average molecular weight is 219 g/mol. The zero-order valence-corrected chi connectivity index (χ0v) is 9.75. The molecule has 0 spiro atoms. The van der Waals surface area contributed by atoms with Crippen LogP contribution in [-0.4, -0.2) is 19.9 Å².